The molecule has 4 aromatic rings. The molecule has 0 bridgehead atoms. The van der Waals surface area contributed by atoms with Crippen LogP contribution in [0.2, 0.25) is 10.0 Å². The zero-order chi connectivity index (χ0) is 27.2. The van der Waals surface area contributed by atoms with Crippen molar-refractivity contribution in [2.45, 2.75) is 33.1 Å². The van der Waals surface area contributed by atoms with E-state index < -0.39 is 0 Å². The number of fused-ring (bicyclic) bond motifs is 1. The van der Waals surface area contributed by atoms with Crippen molar-refractivity contribution in [3.8, 4) is 5.75 Å². The standard InChI is InChI=1S/C28H25BrCl2N4O3/c1-3-4-9-25-33-24-11-10-19(29)14-20(24)28(37)35(25)32-15-18-12-21(30)27(22(31)13-18)38-16-26(36)34-23-8-6-5-7-17(23)2/h5-8,10-15H,3-4,9,16H2,1-2H3,(H,34,36). The van der Waals surface area contributed by atoms with E-state index in [9.17, 15) is 9.59 Å². The molecule has 1 aromatic heterocycles. The molecule has 1 amide bonds. The maximum Gasteiger partial charge on any atom is 0.282 e. The molecular weight excluding hydrogens is 591 g/mol. The number of nitrogens with one attached hydrogen (secondary N) is 1. The van der Waals surface area contributed by atoms with Gasteiger partial charge in [-0.05, 0) is 60.9 Å². The van der Waals surface area contributed by atoms with Crippen molar-refractivity contribution in [2.75, 3.05) is 11.9 Å². The van der Waals surface area contributed by atoms with Crippen LogP contribution in [0.25, 0.3) is 10.9 Å². The summed E-state index contributed by atoms with van der Waals surface area (Å²) in [5.74, 6) is 0.412. The van der Waals surface area contributed by atoms with E-state index in [0.717, 1.165) is 22.9 Å². The molecule has 1 heterocycles. The number of anilines is 1. The monoisotopic (exact) mass is 614 g/mol. The highest BCUT2D eigenvalue weighted by molar-refractivity contribution is 9.10. The smallest absolute Gasteiger partial charge is 0.282 e. The Bertz CT molecular complexity index is 1560. The van der Waals surface area contributed by atoms with Crippen molar-refractivity contribution in [3.63, 3.8) is 0 Å². The molecule has 10 heteroatoms. The fourth-order valence-electron chi connectivity index (χ4n) is 3.76. The zero-order valence-electron chi connectivity index (χ0n) is 20.8. The summed E-state index contributed by atoms with van der Waals surface area (Å²) in [6.07, 6.45) is 3.92. The van der Waals surface area contributed by atoms with Gasteiger partial charge in [-0.1, -0.05) is 70.7 Å². The number of unbranched alkanes of at least 4 members (excludes halogenated alkanes) is 1. The molecule has 0 atom stereocenters. The van der Waals surface area contributed by atoms with E-state index in [4.69, 9.17) is 27.9 Å². The largest absolute Gasteiger partial charge is 0.481 e. The van der Waals surface area contributed by atoms with Crippen molar-refractivity contribution < 1.29 is 9.53 Å². The highest BCUT2D eigenvalue weighted by Crippen LogP contribution is 2.34. The molecule has 4 rings (SSSR count). The van der Waals surface area contributed by atoms with Gasteiger partial charge in [-0.15, -0.1) is 0 Å². The van der Waals surface area contributed by atoms with Gasteiger partial charge in [0, 0.05) is 16.6 Å². The SMILES string of the molecule is CCCCc1nc2ccc(Br)cc2c(=O)n1N=Cc1cc(Cl)c(OCC(=O)Nc2ccccc2C)c(Cl)c1. The summed E-state index contributed by atoms with van der Waals surface area (Å²) in [4.78, 5) is 30.3. The average Bonchev–Trinajstić information content (AvgIpc) is 2.88. The van der Waals surface area contributed by atoms with E-state index in [2.05, 4.69) is 38.3 Å². The molecule has 0 saturated carbocycles. The summed E-state index contributed by atoms with van der Waals surface area (Å²) in [5.41, 5.74) is 2.55. The van der Waals surface area contributed by atoms with E-state index in [-0.39, 0.29) is 33.9 Å². The van der Waals surface area contributed by atoms with Crippen molar-refractivity contribution in [1.29, 1.82) is 0 Å². The lowest BCUT2D eigenvalue weighted by Crippen LogP contribution is -2.22. The predicted octanol–water partition coefficient (Wildman–Crippen LogP) is 7.02. The summed E-state index contributed by atoms with van der Waals surface area (Å²) in [6, 6.07) is 16.0. The van der Waals surface area contributed by atoms with Gasteiger partial charge in [0.25, 0.3) is 11.5 Å². The number of carbonyl (C=O) groups excluding carboxylic acids is 1. The lowest BCUT2D eigenvalue weighted by molar-refractivity contribution is -0.118. The van der Waals surface area contributed by atoms with Gasteiger partial charge in [0.2, 0.25) is 0 Å². The topological polar surface area (TPSA) is 85.6 Å². The van der Waals surface area contributed by atoms with Crippen molar-refractivity contribution in [3.05, 3.63) is 96.4 Å². The number of aromatic nitrogens is 2. The molecule has 1 N–H and O–H groups in total. The Kier molecular flexibility index (Phi) is 9.20. The van der Waals surface area contributed by atoms with E-state index in [1.54, 1.807) is 18.2 Å². The molecule has 0 unspecified atom stereocenters. The molecule has 0 spiro atoms. The molecule has 196 valence electrons. The van der Waals surface area contributed by atoms with E-state index in [1.165, 1.54) is 10.9 Å². The summed E-state index contributed by atoms with van der Waals surface area (Å²) in [6.45, 7) is 3.71. The number of nitrogens with zero attached hydrogens (tertiary/aromatic N) is 3. The third-order valence-corrected chi connectivity index (χ3v) is 6.79. The minimum absolute atomic E-state index is 0.184. The van der Waals surface area contributed by atoms with Gasteiger partial charge >= 0.3 is 0 Å². The summed E-state index contributed by atoms with van der Waals surface area (Å²) in [5, 5.41) is 8.11. The van der Waals surface area contributed by atoms with Gasteiger partial charge in [0.1, 0.15) is 5.82 Å². The molecule has 0 saturated heterocycles. The lowest BCUT2D eigenvalue weighted by atomic mass is 10.2. The fraction of sp³-hybridized carbons (Fsp3) is 0.214. The molecule has 3 aromatic carbocycles. The van der Waals surface area contributed by atoms with Crippen LogP contribution < -0.4 is 15.6 Å². The Hall–Kier alpha value is -3.20. The molecule has 7 nitrogen and oxygen atoms in total. The third-order valence-electron chi connectivity index (χ3n) is 5.74. The van der Waals surface area contributed by atoms with Gasteiger partial charge in [0.15, 0.2) is 12.4 Å². The number of aryl methyl sites for hydroxylation is 2. The second kappa shape index (κ2) is 12.6. The Morgan fingerprint density at radius 3 is 2.61 bits per heavy atom. The van der Waals surface area contributed by atoms with Gasteiger partial charge in [-0.25, -0.2) is 4.98 Å². The predicted molar refractivity (Wildman–Crippen MR) is 157 cm³/mol. The quantitative estimate of drug-likeness (QED) is 0.205. The van der Waals surface area contributed by atoms with Crippen LogP contribution in [0, 0.1) is 6.92 Å². The number of amides is 1. The van der Waals surface area contributed by atoms with E-state index in [1.807, 2.05) is 43.3 Å². The van der Waals surface area contributed by atoms with Gasteiger partial charge in [-0.3, -0.25) is 9.59 Å². The molecule has 0 fully saturated rings. The fourth-order valence-corrected chi connectivity index (χ4v) is 4.74. The number of ether oxygens (including phenoxy) is 1. The lowest BCUT2D eigenvalue weighted by Gasteiger charge is -2.12. The number of hydrogen-bond acceptors (Lipinski definition) is 5. The first-order valence-corrected chi connectivity index (χ1v) is 13.5. The average molecular weight is 616 g/mol. The molecule has 0 aliphatic rings. The Morgan fingerprint density at radius 2 is 1.89 bits per heavy atom. The number of rotatable bonds is 9. The molecule has 0 aliphatic carbocycles. The van der Waals surface area contributed by atoms with Crippen molar-refractivity contribution >= 4 is 67.8 Å². The van der Waals surface area contributed by atoms with Crippen LogP contribution >= 0.6 is 39.1 Å². The second-order valence-electron chi connectivity index (χ2n) is 8.62. The first-order chi connectivity index (χ1) is 18.3. The Labute approximate surface area is 238 Å². The van der Waals surface area contributed by atoms with Crippen LogP contribution in [0.15, 0.2) is 69.0 Å². The number of carbonyl (C=O) groups is 1. The van der Waals surface area contributed by atoms with Crippen LogP contribution in [0.1, 0.15) is 36.7 Å². The molecule has 38 heavy (non-hydrogen) atoms. The van der Waals surface area contributed by atoms with Crippen molar-refractivity contribution in [1.82, 2.24) is 9.66 Å². The van der Waals surface area contributed by atoms with Crippen molar-refractivity contribution in [2.24, 2.45) is 5.10 Å². The number of para-hydroxylation sites is 1. The minimum atomic E-state index is -0.341. The van der Waals surface area contributed by atoms with E-state index >= 15 is 0 Å². The summed E-state index contributed by atoms with van der Waals surface area (Å²) < 4.78 is 7.70. The summed E-state index contributed by atoms with van der Waals surface area (Å²) >= 11 is 16.3. The normalized spacial score (nSPS) is 11.3. The third kappa shape index (κ3) is 6.62. The highest BCUT2D eigenvalue weighted by Gasteiger charge is 2.14. The highest BCUT2D eigenvalue weighted by atomic mass is 79.9. The zero-order valence-corrected chi connectivity index (χ0v) is 23.9. The molecule has 0 radical (unpaired) electrons. The molecular formula is C28H25BrCl2N4O3. The first-order valence-electron chi connectivity index (χ1n) is 12.0. The number of hydrogen-bond donors (Lipinski definition) is 1. The summed E-state index contributed by atoms with van der Waals surface area (Å²) in [7, 11) is 0. The van der Waals surface area contributed by atoms with Gasteiger partial charge in [0.05, 0.1) is 27.2 Å². The maximum atomic E-state index is 13.3. The van der Waals surface area contributed by atoms with Gasteiger partial charge in [-0.2, -0.15) is 9.78 Å². The van der Waals surface area contributed by atoms with Crippen LogP contribution in [0.3, 0.4) is 0 Å². The Morgan fingerprint density at radius 1 is 1.16 bits per heavy atom. The molecule has 0 aliphatic heterocycles. The van der Waals surface area contributed by atoms with Crippen LogP contribution in [-0.4, -0.2) is 28.4 Å². The maximum absolute atomic E-state index is 13.3. The Balaban J connectivity index is 1.56. The number of benzene rings is 3. The van der Waals surface area contributed by atoms with Crippen LogP contribution in [0.4, 0.5) is 5.69 Å². The van der Waals surface area contributed by atoms with Crippen LogP contribution in [-0.2, 0) is 11.2 Å². The first kappa shape index (κ1) is 27.8. The number of halogens is 3. The van der Waals surface area contributed by atoms with Crippen LogP contribution in [0.5, 0.6) is 5.75 Å². The van der Waals surface area contributed by atoms with E-state index in [0.29, 0.717) is 34.4 Å². The van der Waals surface area contributed by atoms with Gasteiger partial charge < -0.3 is 10.1 Å². The second-order valence-corrected chi connectivity index (χ2v) is 10.4. The minimum Gasteiger partial charge on any atom is -0.481 e.